The van der Waals surface area contributed by atoms with Gasteiger partial charge in [0.15, 0.2) is 0 Å². The lowest BCUT2D eigenvalue weighted by molar-refractivity contribution is -0.137. The fourth-order valence-electron chi connectivity index (χ4n) is 7.94. The summed E-state index contributed by atoms with van der Waals surface area (Å²) in [5.41, 5.74) is 5.79. The van der Waals surface area contributed by atoms with E-state index < -0.39 is 24.3 Å². The van der Waals surface area contributed by atoms with Crippen LogP contribution in [0.4, 0.5) is 9.59 Å². The maximum Gasteiger partial charge on any atom is 0.407 e. The van der Waals surface area contributed by atoms with E-state index in [2.05, 4.69) is 68.9 Å². The third-order valence-electron chi connectivity index (χ3n) is 11.5. The van der Waals surface area contributed by atoms with Crippen LogP contribution in [0.2, 0.25) is 0 Å². The van der Waals surface area contributed by atoms with Crippen molar-refractivity contribution in [3.8, 4) is 33.6 Å². The number of likely N-dealkylation sites (tertiary alicyclic amines) is 1. The lowest BCUT2D eigenvalue weighted by Crippen LogP contribution is -2.52. The van der Waals surface area contributed by atoms with Gasteiger partial charge in [0.05, 0.1) is 50.6 Å². The highest BCUT2D eigenvalue weighted by Crippen LogP contribution is 2.53. The van der Waals surface area contributed by atoms with Crippen molar-refractivity contribution in [2.24, 2.45) is 23.7 Å². The Balaban J connectivity index is 1.00. The molecule has 4 amide bonds. The Hall–Kier alpha value is -5.66. The smallest absolute Gasteiger partial charge is 0.407 e. The molecule has 2 aromatic carbocycles. The van der Waals surface area contributed by atoms with Gasteiger partial charge in [-0.25, -0.2) is 19.6 Å². The van der Waals surface area contributed by atoms with Crippen LogP contribution in [0.1, 0.15) is 71.6 Å². The highest BCUT2D eigenvalue weighted by Gasteiger charge is 2.56. The molecule has 7 atom stereocenters. The number of alkyl carbamates (subject to hydrolysis) is 2. The van der Waals surface area contributed by atoms with Crippen LogP contribution in [0, 0.1) is 23.7 Å². The fraction of sp³-hybridized carbons (Fsp3) is 0.476. The van der Waals surface area contributed by atoms with Crippen molar-refractivity contribution >= 4 is 24.0 Å². The molecule has 14 heteroatoms. The molecule has 0 spiro atoms. The van der Waals surface area contributed by atoms with Gasteiger partial charge in [-0.05, 0) is 65.2 Å². The zero-order valence-corrected chi connectivity index (χ0v) is 33.0. The number of rotatable bonds is 13. The van der Waals surface area contributed by atoms with Crippen molar-refractivity contribution in [3.63, 3.8) is 0 Å². The average molecular weight is 765 g/mol. The number of ether oxygens (including phenoxy) is 2. The quantitative estimate of drug-likeness (QED) is 0.123. The van der Waals surface area contributed by atoms with Gasteiger partial charge in [-0.2, -0.15) is 0 Å². The molecule has 1 saturated heterocycles. The number of benzene rings is 2. The highest BCUT2D eigenvalue weighted by atomic mass is 16.5. The minimum absolute atomic E-state index is 0.0948. The van der Waals surface area contributed by atoms with Gasteiger partial charge >= 0.3 is 12.2 Å². The molecule has 2 aliphatic carbocycles. The second kappa shape index (κ2) is 15.8. The Labute approximate surface area is 327 Å². The van der Waals surface area contributed by atoms with Crippen LogP contribution in [0.5, 0.6) is 0 Å². The van der Waals surface area contributed by atoms with E-state index in [1.54, 1.807) is 6.20 Å². The van der Waals surface area contributed by atoms with E-state index in [4.69, 9.17) is 14.5 Å². The number of piperidine rings is 1. The van der Waals surface area contributed by atoms with Gasteiger partial charge in [0.25, 0.3) is 0 Å². The molecular formula is C42H52N8O6. The van der Waals surface area contributed by atoms with Crippen LogP contribution < -0.4 is 10.6 Å². The highest BCUT2D eigenvalue weighted by molar-refractivity contribution is 5.87. The number of nitrogens with zero attached hydrogens (tertiary/aromatic N) is 4. The number of imidazole rings is 2. The summed E-state index contributed by atoms with van der Waals surface area (Å²) in [6.07, 6.45) is 5.09. The minimum atomic E-state index is -0.698. The molecule has 4 aromatic rings. The number of carbonyl (C=O) groups excluding carboxylic acids is 4. The van der Waals surface area contributed by atoms with Crippen LogP contribution in [0.25, 0.3) is 33.6 Å². The molecule has 56 heavy (non-hydrogen) atoms. The Bertz CT molecular complexity index is 2060. The zero-order chi connectivity index (χ0) is 39.8. The Morgan fingerprint density at radius 3 is 1.82 bits per heavy atom. The molecule has 4 N–H and O–H groups in total. The SMILES string of the molecule is COC(=O)N[C@H](C(=O)N(Cc1ncc(-c2ccc(-c3ccc(-c4cnc([C@@H]5C[C@H]6C[C@H]6N5C(=O)[C@@H](NC(=O)OC)C(C)C)[nH]4)cc3)cc2)[nH]1)[C@@H]1C[C@@H]1C)C(C)C. The number of methoxy groups -OCH3 is 2. The number of H-pyrrole nitrogens is 2. The number of nitrogens with one attached hydrogen (secondary N) is 4. The zero-order valence-electron chi connectivity index (χ0n) is 33.0. The number of fused-ring (bicyclic) bond motifs is 1. The number of aromatic amines is 2. The maximum atomic E-state index is 13.8. The summed E-state index contributed by atoms with van der Waals surface area (Å²) in [6, 6.07) is 15.2. The van der Waals surface area contributed by atoms with Crippen LogP contribution in [-0.4, -0.2) is 92.1 Å². The lowest BCUT2D eigenvalue weighted by atomic mass is 10.0. The Morgan fingerprint density at radius 2 is 1.29 bits per heavy atom. The first-order valence-corrected chi connectivity index (χ1v) is 19.5. The molecule has 1 aliphatic heterocycles. The Morgan fingerprint density at radius 1 is 0.768 bits per heavy atom. The van der Waals surface area contributed by atoms with E-state index in [1.807, 2.05) is 55.8 Å². The van der Waals surface area contributed by atoms with Gasteiger partial charge in [0, 0.05) is 12.1 Å². The third kappa shape index (κ3) is 8.00. The summed E-state index contributed by atoms with van der Waals surface area (Å²) in [5, 5.41) is 5.44. The monoisotopic (exact) mass is 764 g/mol. The first kappa shape index (κ1) is 38.6. The maximum absolute atomic E-state index is 13.8. The van der Waals surface area contributed by atoms with Gasteiger partial charge in [0.2, 0.25) is 11.8 Å². The van der Waals surface area contributed by atoms with E-state index in [9.17, 15) is 19.2 Å². The third-order valence-corrected chi connectivity index (χ3v) is 11.5. The van der Waals surface area contributed by atoms with Gasteiger partial charge in [-0.15, -0.1) is 0 Å². The number of amides is 4. The number of aromatic nitrogens is 4. The summed E-state index contributed by atoms with van der Waals surface area (Å²) in [4.78, 5) is 71.4. The molecule has 2 aromatic heterocycles. The van der Waals surface area contributed by atoms with Gasteiger partial charge in [-0.3, -0.25) is 9.59 Å². The van der Waals surface area contributed by atoms with E-state index in [0.29, 0.717) is 24.2 Å². The van der Waals surface area contributed by atoms with Crippen molar-refractivity contribution in [1.29, 1.82) is 0 Å². The Kier molecular flexibility index (Phi) is 10.9. The van der Waals surface area contributed by atoms with Crippen molar-refractivity contribution in [2.75, 3.05) is 14.2 Å². The second-order valence-corrected chi connectivity index (χ2v) is 16.1. The molecule has 7 rings (SSSR count). The van der Waals surface area contributed by atoms with Crippen LogP contribution in [-0.2, 0) is 25.6 Å². The number of hydrogen-bond acceptors (Lipinski definition) is 8. The topological polar surface area (TPSA) is 175 Å². The largest absolute Gasteiger partial charge is 0.453 e. The van der Waals surface area contributed by atoms with Crippen LogP contribution >= 0.6 is 0 Å². The predicted molar refractivity (Wildman–Crippen MR) is 210 cm³/mol. The molecule has 296 valence electrons. The molecule has 0 unspecified atom stereocenters. The molecule has 14 nitrogen and oxygen atoms in total. The normalized spacial score (nSPS) is 21.9. The van der Waals surface area contributed by atoms with Gasteiger partial charge in [0.1, 0.15) is 23.7 Å². The van der Waals surface area contributed by atoms with E-state index in [0.717, 1.165) is 58.7 Å². The summed E-state index contributed by atoms with van der Waals surface area (Å²) in [5.74, 6) is 1.80. The van der Waals surface area contributed by atoms with E-state index in [1.165, 1.54) is 14.2 Å². The van der Waals surface area contributed by atoms with Crippen molar-refractivity contribution in [3.05, 3.63) is 72.6 Å². The van der Waals surface area contributed by atoms with Crippen LogP contribution in [0.15, 0.2) is 60.9 Å². The van der Waals surface area contributed by atoms with Gasteiger partial charge in [-0.1, -0.05) is 83.1 Å². The van der Waals surface area contributed by atoms with E-state index >= 15 is 0 Å². The van der Waals surface area contributed by atoms with E-state index in [-0.39, 0.29) is 41.8 Å². The lowest BCUT2D eigenvalue weighted by Gasteiger charge is -2.31. The first-order valence-electron chi connectivity index (χ1n) is 19.5. The molecular weight excluding hydrogens is 713 g/mol. The standard InChI is InChI=1S/C42H52N8O6/c1-22(2)36(47-41(53)55-6)39(51)49(32-16-24(32)5)21-35-43-19-30(45-35)27-12-8-25(9-13-27)26-10-14-28(15-11-26)31-20-44-38(46-31)34-18-29-17-33(29)50(34)40(52)37(23(3)4)48-42(54)56-7/h8-15,19-20,22-24,29,32-34,36-37H,16-18,21H2,1-7H3,(H,43,45)(H,44,46)(H,47,53)(H,48,54)/t24-,29+,32+,33+,34-,36-,37-/m0/s1. The minimum Gasteiger partial charge on any atom is -0.453 e. The average Bonchev–Trinajstić information content (AvgIpc) is 3.87. The van der Waals surface area contributed by atoms with Gasteiger partial charge < -0.3 is 39.9 Å². The van der Waals surface area contributed by atoms with Crippen molar-refractivity contribution < 1.29 is 28.7 Å². The summed E-state index contributed by atoms with van der Waals surface area (Å²) in [7, 11) is 2.59. The van der Waals surface area contributed by atoms with Crippen molar-refractivity contribution in [1.82, 2.24) is 40.4 Å². The predicted octanol–water partition coefficient (Wildman–Crippen LogP) is 6.29. The van der Waals surface area contributed by atoms with Crippen molar-refractivity contribution in [2.45, 2.75) is 90.6 Å². The molecule has 3 aliphatic rings. The summed E-state index contributed by atoms with van der Waals surface area (Å²) >= 11 is 0. The summed E-state index contributed by atoms with van der Waals surface area (Å²) < 4.78 is 9.56. The fourth-order valence-corrected chi connectivity index (χ4v) is 7.94. The molecule has 0 radical (unpaired) electrons. The molecule has 0 bridgehead atoms. The molecule has 3 fully saturated rings. The number of hydrogen-bond donors (Lipinski definition) is 4. The van der Waals surface area contributed by atoms with Crippen LogP contribution in [0.3, 0.4) is 0 Å². The molecule has 2 saturated carbocycles. The second-order valence-electron chi connectivity index (χ2n) is 16.1. The number of carbonyl (C=O) groups is 4. The first-order chi connectivity index (χ1) is 26.9. The molecule has 3 heterocycles. The summed E-state index contributed by atoms with van der Waals surface area (Å²) in [6.45, 7) is 10.1.